The van der Waals surface area contributed by atoms with Crippen LogP contribution >= 0.6 is 23.2 Å². The molecule has 3 rings (SSSR count). The number of hydrogen-bond donors (Lipinski definition) is 1. The van der Waals surface area contributed by atoms with Crippen LogP contribution in [-0.4, -0.2) is 11.0 Å². The second kappa shape index (κ2) is 5.00. The molecule has 0 bridgehead atoms. The molecule has 20 heavy (non-hydrogen) atoms. The average Bonchev–Trinajstić information content (AvgIpc) is 2.41. The van der Waals surface area contributed by atoms with Crippen LogP contribution in [0.3, 0.4) is 0 Å². The van der Waals surface area contributed by atoms with E-state index in [0.29, 0.717) is 16.5 Å². The SMILES string of the molecule is O=C1C[C@@H](c2ccc(O)cc2)N1c1ccc(Cl)c(Cl)c1. The quantitative estimate of drug-likeness (QED) is 0.846. The molecule has 0 spiro atoms. The van der Waals surface area contributed by atoms with Crippen molar-refractivity contribution in [3.63, 3.8) is 0 Å². The minimum absolute atomic E-state index is 0.0275. The van der Waals surface area contributed by atoms with E-state index < -0.39 is 0 Å². The van der Waals surface area contributed by atoms with Crippen LogP contribution in [0.25, 0.3) is 0 Å². The van der Waals surface area contributed by atoms with Crippen LogP contribution in [0.4, 0.5) is 5.69 Å². The van der Waals surface area contributed by atoms with E-state index in [1.165, 1.54) is 0 Å². The van der Waals surface area contributed by atoms with E-state index in [2.05, 4.69) is 0 Å². The molecule has 1 atom stereocenters. The molecule has 0 unspecified atom stereocenters. The number of rotatable bonds is 2. The molecule has 3 nitrogen and oxygen atoms in total. The molecule has 1 aliphatic rings. The number of phenolic OH excluding ortho intramolecular Hbond substituents is 1. The van der Waals surface area contributed by atoms with Crippen LogP contribution in [0.2, 0.25) is 10.0 Å². The van der Waals surface area contributed by atoms with Gasteiger partial charge in [-0.1, -0.05) is 35.3 Å². The number of halogens is 2. The zero-order valence-corrected chi connectivity index (χ0v) is 11.9. The zero-order valence-electron chi connectivity index (χ0n) is 10.4. The first kappa shape index (κ1) is 13.3. The highest BCUT2D eigenvalue weighted by Crippen LogP contribution is 2.40. The Morgan fingerprint density at radius 2 is 1.75 bits per heavy atom. The summed E-state index contributed by atoms with van der Waals surface area (Å²) in [6.45, 7) is 0. The number of anilines is 1. The second-order valence-electron chi connectivity index (χ2n) is 4.67. The molecule has 0 aromatic heterocycles. The summed E-state index contributed by atoms with van der Waals surface area (Å²) in [5, 5.41) is 10.2. The Kier molecular flexibility index (Phi) is 3.32. The van der Waals surface area contributed by atoms with Gasteiger partial charge in [0.15, 0.2) is 0 Å². The Balaban J connectivity index is 1.93. The summed E-state index contributed by atoms with van der Waals surface area (Å²) < 4.78 is 0. The highest BCUT2D eigenvalue weighted by Gasteiger charge is 2.38. The third kappa shape index (κ3) is 2.23. The molecule has 102 valence electrons. The van der Waals surface area contributed by atoms with Crippen molar-refractivity contribution in [3.05, 3.63) is 58.1 Å². The summed E-state index contributed by atoms with van der Waals surface area (Å²) in [7, 11) is 0. The Bertz CT molecular complexity index is 670. The van der Waals surface area contributed by atoms with Crippen molar-refractivity contribution in [1.29, 1.82) is 0 Å². The molecule has 2 aromatic carbocycles. The normalized spacial score (nSPS) is 18.0. The summed E-state index contributed by atoms with van der Waals surface area (Å²) in [5.74, 6) is 0.252. The largest absolute Gasteiger partial charge is 0.508 e. The predicted molar refractivity (Wildman–Crippen MR) is 79.4 cm³/mol. The Labute approximate surface area is 126 Å². The third-order valence-electron chi connectivity index (χ3n) is 3.41. The van der Waals surface area contributed by atoms with Gasteiger partial charge in [-0.2, -0.15) is 0 Å². The zero-order chi connectivity index (χ0) is 14.3. The standard InChI is InChI=1S/C15H11Cl2NO2/c16-12-6-3-10(7-13(12)17)18-14(8-15(18)20)9-1-4-11(19)5-2-9/h1-7,14,19H,8H2/t14-/m0/s1. The number of amides is 1. The summed E-state index contributed by atoms with van der Waals surface area (Å²) >= 11 is 11.9. The highest BCUT2D eigenvalue weighted by molar-refractivity contribution is 6.42. The van der Waals surface area contributed by atoms with Gasteiger partial charge in [-0.05, 0) is 35.9 Å². The van der Waals surface area contributed by atoms with Gasteiger partial charge in [0.2, 0.25) is 5.91 Å². The van der Waals surface area contributed by atoms with Gasteiger partial charge in [0.25, 0.3) is 0 Å². The van der Waals surface area contributed by atoms with Gasteiger partial charge in [-0.15, -0.1) is 0 Å². The summed E-state index contributed by atoms with van der Waals surface area (Å²) in [6.07, 6.45) is 0.449. The first-order valence-electron chi connectivity index (χ1n) is 6.12. The van der Waals surface area contributed by atoms with E-state index in [-0.39, 0.29) is 17.7 Å². The minimum Gasteiger partial charge on any atom is -0.508 e. The molecule has 1 fully saturated rings. The van der Waals surface area contributed by atoms with E-state index in [1.807, 2.05) is 12.1 Å². The second-order valence-corrected chi connectivity index (χ2v) is 5.49. The topological polar surface area (TPSA) is 40.5 Å². The molecule has 5 heteroatoms. The molecular formula is C15H11Cl2NO2. The molecule has 1 amide bonds. The van der Waals surface area contributed by atoms with E-state index in [9.17, 15) is 9.90 Å². The van der Waals surface area contributed by atoms with Crippen molar-refractivity contribution in [1.82, 2.24) is 0 Å². The average molecular weight is 308 g/mol. The first-order valence-corrected chi connectivity index (χ1v) is 6.88. The molecule has 1 saturated heterocycles. The van der Waals surface area contributed by atoms with Gasteiger partial charge < -0.3 is 10.0 Å². The van der Waals surface area contributed by atoms with E-state index >= 15 is 0 Å². The van der Waals surface area contributed by atoms with Crippen molar-refractivity contribution in [3.8, 4) is 5.75 Å². The van der Waals surface area contributed by atoms with E-state index in [0.717, 1.165) is 11.3 Å². The molecule has 0 aliphatic carbocycles. The van der Waals surface area contributed by atoms with Gasteiger partial charge in [0, 0.05) is 5.69 Å². The van der Waals surface area contributed by atoms with Crippen LogP contribution in [0.5, 0.6) is 5.75 Å². The molecular weight excluding hydrogens is 297 g/mol. The van der Waals surface area contributed by atoms with Crippen molar-refractivity contribution in [2.45, 2.75) is 12.5 Å². The molecule has 2 aromatic rings. The molecule has 0 radical (unpaired) electrons. The van der Waals surface area contributed by atoms with E-state index in [4.69, 9.17) is 23.2 Å². The fraction of sp³-hybridized carbons (Fsp3) is 0.133. The predicted octanol–water partition coefficient (Wildman–Crippen LogP) is 4.18. The number of aromatic hydroxyl groups is 1. The third-order valence-corrected chi connectivity index (χ3v) is 4.15. The summed E-state index contributed by atoms with van der Waals surface area (Å²) in [4.78, 5) is 13.6. The smallest absolute Gasteiger partial charge is 0.230 e. The van der Waals surface area contributed by atoms with Gasteiger partial charge in [-0.3, -0.25) is 4.79 Å². The molecule has 0 saturated carbocycles. The Hall–Kier alpha value is -1.71. The van der Waals surface area contributed by atoms with Gasteiger partial charge in [-0.25, -0.2) is 0 Å². The lowest BCUT2D eigenvalue weighted by Crippen LogP contribution is -2.46. The van der Waals surface area contributed by atoms with Crippen LogP contribution in [0.15, 0.2) is 42.5 Å². The summed E-state index contributed by atoms with van der Waals surface area (Å²) in [6, 6.07) is 12.0. The maximum Gasteiger partial charge on any atom is 0.230 e. The van der Waals surface area contributed by atoms with Crippen LogP contribution in [0.1, 0.15) is 18.0 Å². The number of phenols is 1. The van der Waals surface area contributed by atoms with Crippen LogP contribution in [0, 0.1) is 0 Å². The lowest BCUT2D eigenvalue weighted by Gasteiger charge is -2.41. The number of benzene rings is 2. The molecule has 1 heterocycles. The molecule has 1 aliphatic heterocycles. The van der Waals surface area contributed by atoms with Gasteiger partial charge in [0.1, 0.15) is 5.75 Å². The Morgan fingerprint density at radius 3 is 2.35 bits per heavy atom. The monoisotopic (exact) mass is 307 g/mol. The summed E-state index contributed by atoms with van der Waals surface area (Å²) in [5.41, 5.74) is 1.71. The van der Waals surface area contributed by atoms with Crippen LogP contribution in [-0.2, 0) is 4.79 Å². The van der Waals surface area contributed by atoms with Crippen molar-refractivity contribution in [2.24, 2.45) is 0 Å². The maximum absolute atomic E-state index is 11.9. The van der Waals surface area contributed by atoms with Gasteiger partial charge in [0.05, 0.1) is 22.5 Å². The fourth-order valence-corrected chi connectivity index (χ4v) is 2.63. The number of nitrogens with zero attached hydrogens (tertiary/aromatic N) is 1. The van der Waals surface area contributed by atoms with Crippen LogP contribution < -0.4 is 4.90 Å². The first-order chi connectivity index (χ1) is 9.56. The number of carbonyl (C=O) groups is 1. The lowest BCUT2D eigenvalue weighted by atomic mass is 9.93. The number of β-lactam (4-membered cyclic amide) rings is 1. The molecule has 1 N–H and O–H groups in total. The lowest BCUT2D eigenvalue weighted by molar-refractivity contribution is -0.124. The number of hydrogen-bond acceptors (Lipinski definition) is 2. The highest BCUT2D eigenvalue weighted by atomic mass is 35.5. The maximum atomic E-state index is 11.9. The Morgan fingerprint density at radius 1 is 1.05 bits per heavy atom. The van der Waals surface area contributed by atoms with Crippen molar-refractivity contribution in [2.75, 3.05) is 4.90 Å². The fourth-order valence-electron chi connectivity index (χ4n) is 2.34. The van der Waals surface area contributed by atoms with E-state index in [1.54, 1.807) is 35.2 Å². The minimum atomic E-state index is -0.0275. The van der Waals surface area contributed by atoms with Crippen molar-refractivity contribution >= 4 is 34.8 Å². The number of carbonyl (C=O) groups excluding carboxylic acids is 1. The van der Waals surface area contributed by atoms with Gasteiger partial charge >= 0.3 is 0 Å². The van der Waals surface area contributed by atoms with Crippen molar-refractivity contribution < 1.29 is 9.90 Å².